The van der Waals surface area contributed by atoms with Gasteiger partial charge in [-0.15, -0.1) is 0 Å². The van der Waals surface area contributed by atoms with Gasteiger partial charge >= 0.3 is 12.0 Å². The minimum absolute atomic E-state index is 0.0207. The number of aliphatic carboxylic acids is 1. The number of nitrogens with one attached hydrogen (secondary N) is 1. The van der Waals surface area contributed by atoms with E-state index in [1.807, 2.05) is 0 Å². The Kier molecular flexibility index (Phi) is 3.66. The van der Waals surface area contributed by atoms with Gasteiger partial charge in [0.15, 0.2) is 0 Å². The van der Waals surface area contributed by atoms with E-state index in [0.717, 1.165) is 25.7 Å². The molecular weight excluding hydrogens is 220 g/mol. The van der Waals surface area contributed by atoms with Gasteiger partial charge in [0, 0.05) is 18.6 Å². The fourth-order valence-corrected chi connectivity index (χ4v) is 2.04. The van der Waals surface area contributed by atoms with Gasteiger partial charge in [0.05, 0.1) is 6.42 Å². The lowest BCUT2D eigenvalue weighted by atomic mass is 10.2. The molecule has 5 heteroatoms. The fourth-order valence-electron chi connectivity index (χ4n) is 2.04. The predicted octanol–water partition coefficient (Wildman–Crippen LogP) is 1.35. The number of carbonyl (C=O) groups is 2. The molecule has 1 fully saturated rings. The predicted molar refractivity (Wildman–Crippen MR) is 62.7 cm³/mol. The third-order valence-electron chi connectivity index (χ3n) is 3.15. The molecule has 0 aromatic rings. The standard InChI is InChI=1S/C12H18N2O3/c15-11(16)7-8-14(10-5-6-10)12(17)13-9-3-1-2-4-9/h1-2,9-10H,3-8H2,(H,13,17)(H,15,16). The molecule has 0 aromatic carbocycles. The van der Waals surface area contributed by atoms with Crippen LogP contribution in [0.1, 0.15) is 32.1 Å². The minimum atomic E-state index is -0.856. The van der Waals surface area contributed by atoms with Gasteiger partial charge in [-0.05, 0) is 25.7 Å². The number of amides is 2. The van der Waals surface area contributed by atoms with Crippen molar-refractivity contribution in [1.82, 2.24) is 10.2 Å². The molecule has 17 heavy (non-hydrogen) atoms. The van der Waals surface area contributed by atoms with Crippen LogP contribution in [-0.2, 0) is 4.79 Å². The van der Waals surface area contributed by atoms with E-state index in [9.17, 15) is 9.59 Å². The maximum atomic E-state index is 12.0. The minimum Gasteiger partial charge on any atom is -0.481 e. The molecule has 0 unspecified atom stereocenters. The highest BCUT2D eigenvalue weighted by molar-refractivity contribution is 5.76. The van der Waals surface area contributed by atoms with Gasteiger partial charge in [-0.3, -0.25) is 4.79 Å². The Balaban J connectivity index is 1.81. The number of hydrogen-bond donors (Lipinski definition) is 2. The second-order valence-electron chi connectivity index (χ2n) is 4.66. The molecule has 0 radical (unpaired) electrons. The summed E-state index contributed by atoms with van der Waals surface area (Å²) in [4.78, 5) is 24.2. The molecular formula is C12H18N2O3. The monoisotopic (exact) mass is 238 g/mol. The van der Waals surface area contributed by atoms with Crippen molar-refractivity contribution < 1.29 is 14.7 Å². The molecule has 0 spiro atoms. The highest BCUT2D eigenvalue weighted by Gasteiger charge is 2.33. The van der Waals surface area contributed by atoms with Crippen molar-refractivity contribution in [2.24, 2.45) is 0 Å². The zero-order valence-corrected chi connectivity index (χ0v) is 9.76. The molecule has 2 aliphatic carbocycles. The quantitative estimate of drug-likeness (QED) is 0.710. The van der Waals surface area contributed by atoms with Crippen LogP contribution in [0.5, 0.6) is 0 Å². The molecule has 2 rings (SSSR count). The van der Waals surface area contributed by atoms with Gasteiger partial charge in [0.25, 0.3) is 0 Å². The van der Waals surface area contributed by atoms with E-state index in [-0.39, 0.29) is 24.5 Å². The SMILES string of the molecule is O=C(O)CCN(C(=O)NC1CC=CC1)C1CC1. The number of carboxylic acids is 1. The van der Waals surface area contributed by atoms with Crippen LogP contribution in [0.2, 0.25) is 0 Å². The molecule has 2 aliphatic rings. The number of carbonyl (C=O) groups excluding carboxylic acids is 1. The number of carboxylic acid groups (broad SMARTS) is 1. The van der Waals surface area contributed by atoms with E-state index in [2.05, 4.69) is 17.5 Å². The second-order valence-corrected chi connectivity index (χ2v) is 4.66. The topological polar surface area (TPSA) is 69.6 Å². The third-order valence-corrected chi connectivity index (χ3v) is 3.15. The van der Waals surface area contributed by atoms with Crippen LogP contribution in [0.25, 0.3) is 0 Å². The molecule has 0 heterocycles. The van der Waals surface area contributed by atoms with Crippen LogP contribution in [0, 0.1) is 0 Å². The van der Waals surface area contributed by atoms with Crippen LogP contribution >= 0.6 is 0 Å². The third kappa shape index (κ3) is 3.47. The number of hydrogen-bond acceptors (Lipinski definition) is 2. The first kappa shape index (κ1) is 12.0. The van der Waals surface area contributed by atoms with Crippen LogP contribution < -0.4 is 5.32 Å². The molecule has 2 N–H and O–H groups in total. The van der Waals surface area contributed by atoms with Gasteiger partial charge in [-0.25, -0.2) is 4.79 Å². The lowest BCUT2D eigenvalue weighted by Gasteiger charge is -2.24. The molecule has 1 saturated carbocycles. The van der Waals surface area contributed by atoms with Gasteiger partial charge in [0.1, 0.15) is 0 Å². The molecule has 0 aromatic heterocycles. The Hall–Kier alpha value is -1.52. The highest BCUT2D eigenvalue weighted by Crippen LogP contribution is 2.27. The molecule has 0 aliphatic heterocycles. The van der Waals surface area contributed by atoms with Crippen LogP contribution in [0.3, 0.4) is 0 Å². The lowest BCUT2D eigenvalue weighted by Crippen LogP contribution is -2.45. The van der Waals surface area contributed by atoms with Crippen molar-refractivity contribution in [2.45, 2.75) is 44.2 Å². The van der Waals surface area contributed by atoms with Crippen molar-refractivity contribution in [2.75, 3.05) is 6.54 Å². The summed E-state index contributed by atoms with van der Waals surface area (Å²) in [5.41, 5.74) is 0. The highest BCUT2D eigenvalue weighted by atomic mass is 16.4. The van der Waals surface area contributed by atoms with Crippen molar-refractivity contribution in [1.29, 1.82) is 0 Å². The van der Waals surface area contributed by atoms with E-state index in [1.165, 1.54) is 0 Å². The molecule has 2 amide bonds. The van der Waals surface area contributed by atoms with Gasteiger partial charge in [-0.1, -0.05) is 12.2 Å². The van der Waals surface area contributed by atoms with Gasteiger partial charge in [-0.2, -0.15) is 0 Å². The lowest BCUT2D eigenvalue weighted by molar-refractivity contribution is -0.137. The summed E-state index contributed by atoms with van der Waals surface area (Å²) >= 11 is 0. The summed E-state index contributed by atoms with van der Waals surface area (Å²) in [7, 11) is 0. The van der Waals surface area contributed by atoms with E-state index in [0.29, 0.717) is 6.54 Å². The summed E-state index contributed by atoms with van der Waals surface area (Å²) in [5.74, 6) is -0.856. The molecule has 0 bridgehead atoms. The Morgan fingerprint density at radius 2 is 1.94 bits per heavy atom. The molecule has 94 valence electrons. The average molecular weight is 238 g/mol. The average Bonchev–Trinajstić information content (AvgIpc) is 2.97. The van der Waals surface area contributed by atoms with Crippen molar-refractivity contribution in [3.8, 4) is 0 Å². The first-order valence-electron chi connectivity index (χ1n) is 6.10. The van der Waals surface area contributed by atoms with Crippen molar-refractivity contribution in [3.63, 3.8) is 0 Å². The summed E-state index contributed by atoms with van der Waals surface area (Å²) in [6.45, 7) is 0.311. The van der Waals surface area contributed by atoms with Gasteiger partial charge in [0.2, 0.25) is 0 Å². The largest absolute Gasteiger partial charge is 0.481 e. The van der Waals surface area contributed by atoms with E-state index in [1.54, 1.807) is 4.90 Å². The Labute approximate surface area is 100 Å². The van der Waals surface area contributed by atoms with Crippen LogP contribution in [-0.4, -0.2) is 40.6 Å². The smallest absolute Gasteiger partial charge is 0.317 e. The Morgan fingerprint density at radius 3 is 2.47 bits per heavy atom. The second kappa shape index (κ2) is 5.21. The first-order valence-corrected chi connectivity index (χ1v) is 6.10. The van der Waals surface area contributed by atoms with E-state index < -0.39 is 5.97 Å². The zero-order chi connectivity index (χ0) is 12.3. The number of urea groups is 1. The summed E-state index contributed by atoms with van der Waals surface area (Å²) in [5, 5.41) is 11.6. The van der Waals surface area contributed by atoms with Crippen molar-refractivity contribution in [3.05, 3.63) is 12.2 Å². The van der Waals surface area contributed by atoms with Crippen LogP contribution in [0.4, 0.5) is 4.79 Å². The summed E-state index contributed by atoms with van der Waals surface area (Å²) < 4.78 is 0. The molecule has 5 nitrogen and oxygen atoms in total. The van der Waals surface area contributed by atoms with Crippen LogP contribution in [0.15, 0.2) is 12.2 Å². The Morgan fingerprint density at radius 1 is 1.29 bits per heavy atom. The molecule has 0 saturated heterocycles. The van der Waals surface area contributed by atoms with Crippen molar-refractivity contribution >= 4 is 12.0 Å². The Bertz CT molecular complexity index is 329. The fraction of sp³-hybridized carbons (Fsp3) is 0.667. The first-order chi connectivity index (χ1) is 8.16. The number of nitrogens with zero attached hydrogens (tertiary/aromatic N) is 1. The maximum absolute atomic E-state index is 12.0. The maximum Gasteiger partial charge on any atom is 0.317 e. The normalized spacial score (nSPS) is 19.3. The zero-order valence-electron chi connectivity index (χ0n) is 9.76. The summed E-state index contributed by atoms with van der Waals surface area (Å²) in [6, 6.07) is 0.333. The number of rotatable bonds is 5. The van der Waals surface area contributed by atoms with E-state index in [4.69, 9.17) is 5.11 Å². The molecule has 0 atom stereocenters. The van der Waals surface area contributed by atoms with Gasteiger partial charge < -0.3 is 15.3 Å². The summed E-state index contributed by atoms with van der Waals surface area (Å²) in [6.07, 6.45) is 7.89. The van der Waals surface area contributed by atoms with E-state index >= 15 is 0 Å².